The van der Waals surface area contributed by atoms with Crippen molar-refractivity contribution in [1.82, 2.24) is 4.57 Å². The summed E-state index contributed by atoms with van der Waals surface area (Å²) in [5.74, 6) is -0.0907. The van der Waals surface area contributed by atoms with Gasteiger partial charge in [-0.25, -0.2) is 14.6 Å². The molecule has 0 aliphatic carbocycles. The maximum absolute atomic E-state index is 13.8. The molecule has 0 saturated heterocycles. The smallest absolute Gasteiger partial charge is 0.338 e. The summed E-state index contributed by atoms with van der Waals surface area (Å²) in [7, 11) is 1.30. The van der Waals surface area contributed by atoms with E-state index < -0.39 is 18.0 Å². The molecule has 2 aromatic carbocycles. The van der Waals surface area contributed by atoms with E-state index in [1.165, 1.54) is 29.1 Å². The Kier molecular flexibility index (Phi) is 7.68. The van der Waals surface area contributed by atoms with Crippen LogP contribution >= 0.6 is 22.9 Å². The minimum absolute atomic E-state index is 0.000288. The van der Waals surface area contributed by atoms with Crippen LogP contribution in [0.1, 0.15) is 34.6 Å². The Bertz CT molecular complexity index is 1850. The molecule has 10 heteroatoms. The second kappa shape index (κ2) is 11.3. The van der Waals surface area contributed by atoms with E-state index in [0.29, 0.717) is 42.7 Å². The van der Waals surface area contributed by atoms with Gasteiger partial charge in [0, 0.05) is 11.6 Å². The molecule has 0 N–H and O–H groups in total. The van der Waals surface area contributed by atoms with Gasteiger partial charge in [0.1, 0.15) is 18.1 Å². The third kappa shape index (κ3) is 5.09. The van der Waals surface area contributed by atoms with E-state index in [4.69, 9.17) is 25.5 Å². The number of nitrogens with zero attached hydrogens (tertiary/aromatic N) is 2. The highest BCUT2D eigenvalue weighted by Crippen LogP contribution is 2.31. The first-order valence-corrected chi connectivity index (χ1v) is 13.4. The van der Waals surface area contributed by atoms with E-state index in [9.17, 15) is 14.4 Å². The molecule has 3 heterocycles. The molecule has 1 unspecified atom stereocenters. The zero-order valence-electron chi connectivity index (χ0n) is 21.5. The number of thiazole rings is 1. The Balaban J connectivity index is 1.63. The Morgan fingerprint density at radius 3 is 2.58 bits per heavy atom. The molecule has 0 radical (unpaired) electrons. The number of carbonyl (C=O) groups is 2. The molecule has 0 bridgehead atoms. The first kappa shape index (κ1) is 27.1. The van der Waals surface area contributed by atoms with Crippen molar-refractivity contribution in [1.29, 1.82) is 0 Å². The number of furan rings is 1. The summed E-state index contributed by atoms with van der Waals surface area (Å²) >= 11 is 7.48. The van der Waals surface area contributed by atoms with E-state index in [0.717, 1.165) is 5.56 Å². The molecule has 0 spiro atoms. The first-order chi connectivity index (χ1) is 19.3. The molecular formula is C30H23ClN2O6S. The topological polar surface area (TPSA) is 100 Å². The molecule has 1 aliphatic heterocycles. The number of halogens is 1. The van der Waals surface area contributed by atoms with Gasteiger partial charge in [0.2, 0.25) is 0 Å². The van der Waals surface area contributed by atoms with Crippen molar-refractivity contribution in [2.24, 2.45) is 4.99 Å². The minimum atomic E-state index is -0.835. The lowest BCUT2D eigenvalue weighted by atomic mass is 9.95. The zero-order chi connectivity index (χ0) is 28.4. The molecule has 202 valence electrons. The predicted octanol–water partition coefficient (Wildman–Crippen LogP) is 4.66. The van der Waals surface area contributed by atoms with Crippen LogP contribution in [0.5, 0.6) is 0 Å². The Labute approximate surface area is 237 Å². The lowest BCUT2D eigenvalue weighted by molar-refractivity contribution is -0.138. The van der Waals surface area contributed by atoms with Crippen molar-refractivity contribution in [2.75, 3.05) is 13.7 Å². The lowest BCUT2D eigenvalue weighted by Crippen LogP contribution is -2.40. The molecule has 0 amide bonds. The molecule has 8 nitrogen and oxygen atoms in total. The number of aromatic nitrogens is 1. The van der Waals surface area contributed by atoms with Gasteiger partial charge in [-0.15, -0.1) is 0 Å². The van der Waals surface area contributed by atoms with Gasteiger partial charge in [-0.2, -0.15) is 0 Å². The summed E-state index contributed by atoms with van der Waals surface area (Å²) in [4.78, 5) is 43.9. The summed E-state index contributed by atoms with van der Waals surface area (Å²) in [6.07, 6.45) is 3.10. The number of methoxy groups -OCH3 is 1. The van der Waals surface area contributed by atoms with E-state index in [2.05, 4.69) is 11.6 Å². The summed E-state index contributed by atoms with van der Waals surface area (Å²) in [5.41, 5.74) is 1.94. The Morgan fingerprint density at radius 2 is 1.88 bits per heavy atom. The van der Waals surface area contributed by atoms with Crippen LogP contribution in [0.4, 0.5) is 0 Å². The number of hydrogen-bond donors (Lipinski definition) is 0. The summed E-state index contributed by atoms with van der Waals surface area (Å²) < 4.78 is 17.9. The second-order valence-electron chi connectivity index (χ2n) is 8.76. The number of rotatable bonds is 7. The van der Waals surface area contributed by atoms with E-state index in [-0.39, 0.29) is 17.7 Å². The maximum Gasteiger partial charge on any atom is 0.338 e. The molecule has 40 heavy (non-hydrogen) atoms. The fraction of sp³-hybridized carbons (Fsp3) is 0.133. The van der Waals surface area contributed by atoms with Gasteiger partial charge < -0.3 is 13.9 Å². The van der Waals surface area contributed by atoms with Crippen molar-refractivity contribution < 1.29 is 23.5 Å². The van der Waals surface area contributed by atoms with Gasteiger partial charge >= 0.3 is 11.9 Å². The molecule has 1 aliphatic rings. The number of allylic oxidation sites excluding steroid dienone is 1. The van der Waals surface area contributed by atoms with Crippen molar-refractivity contribution in [3.05, 3.63) is 126 Å². The van der Waals surface area contributed by atoms with E-state index in [1.54, 1.807) is 55.5 Å². The Morgan fingerprint density at radius 1 is 1.12 bits per heavy atom. The highest BCUT2D eigenvalue weighted by Gasteiger charge is 2.33. The van der Waals surface area contributed by atoms with Crippen LogP contribution in [0.3, 0.4) is 0 Å². The third-order valence-electron chi connectivity index (χ3n) is 6.26. The quantitative estimate of drug-likeness (QED) is 0.235. The molecule has 4 aromatic rings. The first-order valence-electron chi connectivity index (χ1n) is 12.2. The molecular weight excluding hydrogens is 552 g/mol. The monoisotopic (exact) mass is 574 g/mol. The molecule has 0 fully saturated rings. The van der Waals surface area contributed by atoms with Crippen molar-refractivity contribution in [2.45, 2.75) is 13.0 Å². The number of fused-ring (bicyclic) bond motifs is 1. The fourth-order valence-electron chi connectivity index (χ4n) is 4.40. The van der Waals surface area contributed by atoms with Gasteiger partial charge in [-0.05, 0) is 48.9 Å². The number of ether oxygens (including phenoxy) is 2. The summed E-state index contributed by atoms with van der Waals surface area (Å²) in [5, 5.41) is 0.548. The fourth-order valence-corrected chi connectivity index (χ4v) is 5.65. The van der Waals surface area contributed by atoms with Crippen molar-refractivity contribution >= 4 is 41.0 Å². The number of hydrogen-bond acceptors (Lipinski definition) is 8. The highest BCUT2D eigenvalue weighted by atomic mass is 35.5. The van der Waals surface area contributed by atoms with Crippen LogP contribution in [-0.2, 0) is 14.3 Å². The van der Waals surface area contributed by atoms with Crippen molar-refractivity contribution in [3.63, 3.8) is 0 Å². The van der Waals surface area contributed by atoms with Gasteiger partial charge in [0.05, 0.1) is 39.5 Å². The number of carbonyl (C=O) groups excluding carboxylic acids is 2. The van der Waals surface area contributed by atoms with Gasteiger partial charge in [0.25, 0.3) is 5.56 Å². The van der Waals surface area contributed by atoms with Gasteiger partial charge in [-0.3, -0.25) is 9.36 Å². The van der Waals surface area contributed by atoms with Crippen LogP contribution in [-0.4, -0.2) is 30.2 Å². The molecule has 5 rings (SSSR count). The lowest BCUT2D eigenvalue weighted by Gasteiger charge is -2.24. The van der Waals surface area contributed by atoms with Crippen LogP contribution in [0.2, 0.25) is 5.02 Å². The largest absolute Gasteiger partial charge is 0.465 e. The number of benzene rings is 2. The standard InChI is InChI=1S/C30H23ClN2O6S/c1-4-15-38-29(36)25-17(2)32-30-33(26(25)18-9-11-19(12-10-18)28(35)37-3)27(34)24(40-30)16-20-13-14-23(39-20)21-7-5-6-8-22(21)31/h4-14,16,26H,1,15H2,2-3H3. The van der Waals surface area contributed by atoms with Crippen LogP contribution in [0.25, 0.3) is 17.4 Å². The van der Waals surface area contributed by atoms with Crippen LogP contribution in [0.15, 0.2) is 98.8 Å². The summed E-state index contributed by atoms with van der Waals surface area (Å²) in [6.45, 7) is 5.29. The molecule has 2 aromatic heterocycles. The molecule has 1 atom stereocenters. The Hall–Kier alpha value is -4.47. The van der Waals surface area contributed by atoms with E-state index >= 15 is 0 Å². The second-order valence-corrected chi connectivity index (χ2v) is 10.2. The highest BCUT2D eigenvalue weighted by molar-refractivity contribution is 7.07. The van der Waals surface area contributed by atoms with Crippen molar-refractivity contribution in [3.8, 4) is 11.3 Å². The minimum Gasteiger partial charge on any atom is -0.465 e. The molecule has 0 saturated carbocycles. The summed E-state index contributed by atoms with van der Waals surface area (Å²) in [6, 6.07) is 16.5. The normalized spacial score (nSPS) is 14.9. The average Bonchev–Trinajstić information content (AvgIpc) is 3.54. The predicted molar refractivity (Wildman–Crippen MR) is 152 cm³/mol. The third-order valence-corrected chi connectivity index (χ3v) is 7.57. The number of esters is 2. The van der Waals surface area contributed by atoms with Gasteiger partial charge in [-0.1, -0.05) is 59.9 Å². The maximum atomic E-state index is 13.8. The zero-order valence-corrected chi connectivity index (χ0v) is 23.1. The van der Waals surface area contributed by atoms with Crippen LogP contribution in [0, 0.1) is 0 Å². The SMILES string of the molecule is C=CCOC(=O)C1=C(C)N=c2sc(=Cc3ccc(-c4ccccc4Cl)o3)c(=O)n2C1c1ccc(C(=O)OC)cc1. The average molecular weight is 575 g/mol. The van der Waals surface area contributed by atoms with Gasteiger partial charge in [0.15, 0.2) is 4.80 Å². The van der Waals surface area contributed by atoms with E-state index in [1.807, 2.05) is 18.2 Å². The van der Waals surface area contributed by atoms with Crippen LogP contribution < -0.4 is 14.9 Å².